The van der Waals surface area contributed by atoms with Crippen molar-refractivity contribution in [1.29, 1.82) is 0 Å². The first kappa shape index (κ1) is 41.9. The first-order valence-corrected chi connectivity index (χ1v) is 21.7. The molecule has 2 N–H and O–H groups in total. The minimum atomic E-state index is -2.12. The lowest BCUT2D eigenvalue weighted by Gasteiger charge is -2.51. The van der Waals surface area contributed by atoms with Gasteiger partial charge in [-0.05, 0) is 62.8 Å². The Hall–Kier alpha value is -3.29. The first-order chi connectivity index (χ1) is 27.6. The molecular weight excluding hydrogens is 797 g/mol. The second kappa shape index (κ2) is 19.2. The predicted molar refractivity (Wildman–Crippen MR) is 213 cm³/mol. The minimum absolute atomic E-state index is 0.0633. The fourth-order valence-corrected chi connectivity index (χ4v) is 9.45. The summed E-state index contributed by atoms with van der Waals surface area (Å²) in [5, 5.41) is 6.30. The minimum Gasteiger partial charge on any atom is -0.452 e. The van der Waals surface area contributed by atoms with Gasteiger partial charge in [-0.1, -0.05) is 129 Å². The molecule has 7 rings (SSSR count). The summed E-state index contributed by atoms with van der Waals surface area (Å²) in [4.78, 5) is 58.8. The Morgan fingerprint density at radius 2 is 1.05 bits per heavy atom. The van der Waals surface area contributed by atoms with Crippen molar-refractivity contribution >= 4 is 58.9 Å². The maximum absolute atomic E-state index is 14.9. The van der Waals surface area contributed by atoms with Gasteiger partial charge < -0.3 is 39.2 Å². The SMILES string of the molecule is O=C(NC1CCCCC1)O[C@H]1[C@@H](OC(=O)c2ccccc2)[C@H](OC(=O)c2ccccc2)[C@H]2O[C@H](C(Cl)(Cl)Cl)O[C@H]2[C@@H]1N(C(=O)NC1CCCCC1)C1CCCCC1. The van der Waals surface area contributed by atoms with E-state index < -0.39 is 64.7 Å². The Labute approximate surface area is 348 Å². The third kappa shape index (κ3) is 10.3. The van der Waals surface area contributed by atoms with Crippen molar-refractivity contribution in [3.05, 3.63) is 71.8 Å². The van der Waals surface area contributed by atoms with Crippen molar-refractivity contribution in [2.24, 2.45) is 0 Å². The van der Waals surface area contributed by atoms with E-state index in [1.165, 1.54) is 0 Å². The third-order valence-electron chi connectivity index (χ3n) is 11.9. The van der Waals surface area contributed by atoms with E-state index in [0.717, 1.165) is 83.5 Å². The molecule has 4 saturated carbocycles. The summed E-state index contributed by atoms with van der Waals surface area (Å²) in [6.45, 7) is 0. The Bertz CT molecular complexity index is 1670. The molecule has 1 aliphatic heterocycles. The molecule has 7 atom stereocenters. The highest BCUT2D eigenvalue weighted by molar-refractivity contribution is 6.68. The number of fused-ring (bicyclic) bond motifs is 1. The Morgan fingerprint density at radius 1 is 0.579 bits per heavy atom. The third-order valence-corrected chi connectivity index (χ3v) is 12.5. The number of nitrogens with zero attached hydrogens (tertiary/aromatic N) is 1. The topological polar surface area (TPSA) is 142 Å². The summed E-state index contributed by atoms with van der Waals surface area (Å²) in [6, 6.07) is 14.6. The standard InChI is InChI=1S/C42H52Cl3N3O9/c43-42(44,45)39-55-32-31(48(30-24-14-5-15-25-30)40(51)46-28-20-10-3-11-21-28)33(57-41(52)47-29-22-12-4-13-23-29)34(53-37(49)26-16-6-1-7-17-26)36(35(32)56-39)54-38(50)27-18-8-2-9-19-27/h1-2,6-9,16-19,28-36,39H,3-5,10-15,20-25H2,(H,46,51)(H,47,52)/t31-,32-,33+,34+,35-,36-,39+/m0/s1. The number of nitrogens with one attached hydrogen (secondary N) is 2. The zero-order valence-electron chi connectivity index (χ0n) is 31.9. The maximum atomic E-state index is 14.9. The van der Waals surface area contributed by atoms with Crippen molar-refractivity contribution in [3.63, 3.8) is 0 Å². The van der Waals surface area contributed by atoms with Gasteiger partial charge >= 0.3 is 24.1 Å². The molecule has 5 aliphatic rings. The van der Waals surface area contributed by atoms with Gasteiger partial charge in [-0.2, -0.15) is 0 Å². The molecule has 2 aromatic carbocycles. The van der Waals surface area contributed by atoms with E-state index in [2.05, 4.69) is 10.6 Å². The monoisotopic (exact) mass is 847 g/mol. The van der Waals surface area contributed by atoms with Crippen molar-refractivity contribution in [1.82, 2.24) is 15.5 Å². The molecule has 310 valence electrons. The van der Waals surface area contributed by atoms with Crippen LogP contribution >= 0.6 is 34.8 Å². The lowest BCUT2D eigenvalue weighted by Crippen LogP contribution is -2.73. The van der Waals surface area contributed by atoms with Crippen LogP contribution in [0.4, 0.5) is 9.59 Å². The van der Waals surface area contributed by atoms with E-state index in [0.29, 0.717) is 12.8 Å². The smallest absolute Gasteiger partial charge is 0.407 e. The van der Waals surface area contributed by atoms with Crippen molar-refractivity contribution < 1.29 is 42.9 Å². The van der Waals surface area contributed by atoms with E-state index in [-0.39, 0.29) is 35.3 Å². The summed E-state index contributed by atoms with van der Waals surface area (Å²) in [7, 11) is 0. The number of urea groups is 1. The average molecular weight is 849 g/mol. The number of halogens is 3. The molecule has 1 heterocycles. The Morgan fingerprint density at radius 3 is 1.58 bits per heavy atom. The van der Waals surface area contributed by atoms with Gasteiger partial charge in [-0.3, -0.25) is 0 Å². The molecule has 0 radical (unpaired) electrons. The van der Waals surface area contributed by atoms with Crippen molar-refractivity contribution in [3.8, 4) is 0 Å². The lowest BCUT2D eigenvalue weighted by atomic mass is 9.80. The largest absolute Gasteiger partial charge is 0.452 e. The highest BCUT2D eigenvalue weighted by atomic mass is 35.6. The van der Waals surface area contributed by atoms with E-state index in [1.54, 1.807) is 65.6 Å². The molecule has 0 aromatic heterocycles. The van der Waals surface area contributed by atoms with Gasteiger partial charge in [0.2, 0.25) is 10.1 Å². The normalized spacial score (nSPS) is 28.7. The molecule has 5 fully saturated rings. The van der Waals surface area contributed by atoms with Gasteiger partial charge in [-0.15, -0.1) is 0 Å². The Kier molecular flexibility index (Phi) is 14.1. The number of hydrogen-bond donors (Lipinski definition) is 2. The quantitative estimate of drug-likeness (QED) is 0.145. The second-order valence-corrected chi connectivity index (χ2v) is 18.2. The predicted octanol–water partition coefficient (Wildman–Crippen LogP) is 8.40. The zero-order valence-corrected chi connectivity index (χ0v) is 34.2. The van der Waals surface area contributed by atoms with Crippen molar-refractivity contribution in [2.75, 3.05) is 0 Å². The number of rotatable bonds is 9. The highest BCUT2D eigenvalue weighted by Gasteiger charge is 2.65. The maximum Gasteiger partial charge on any atom is 0.407 e. The summed E-state index contributed by atoms with van der Waals surface area (Å²) >= 11 is 19.4. The molecule has 57 heavy (non-hydrogen) atoms. The molecule has 4 aliphatic carbocycles. The fraction of sp³-hybridized carbons (Fsp3) is 0.619. The number of amides is 3. The number of hydrogen-bond acceptors (Lipinski definition) is 9. The molecule has 0 spiro atoms. The van der Waals surface area contributed by atoms with Crippen LogP contribution in [0.25, 0.3) is 0 Å². The number of ether oxygens (including phenoxy) is 5. The number of alkyl halides is 3. The van der Waals surface area contributed by atoms with Crippen LogP contribution in [0.1, 0.15) is 117 Å². The van der Waals surface area contributed by atoms with Gasteiger partial charge in [0.15, 0.2) is 18.3 Å². The van der Waals surface area contributed by atoms with E-state index in [4.69, 9.17) is 58.5 Å². The molecule has 3 amide bonds. The molecule has 15 heteroatoms. The summed E-state index contributed by atoms with van der Waals surface area (Å²) in [5.41, 5.74) is 0.418. The van der Waals surface area contributed by atoms with Crippen LogP contribution in [0.3, 0.4) is 0 Å². The summed E-state index contributed by atoms with van der Waals surface area (Å²) in [6.07, 6.45) is 4.25. The van der Waals surface area contributed by atoms with Crippen LogP contribution in [-0.4, -0.2) is 93.7 Å². The zero-order chi connectivity index (χ0) is 39.9. The summed E-state index contributed by atoms with van der Waals surface area (Å²) in [5.74, 6) is -1.53. The number of carbonyl (C=O) groups is 4. The van der Waals surface area contributed by atoms with Gasteiger partial charge in [0, 0.05) is 18.1 Å². The molecule has 1 saturated heterocycles. The molecule has 0 bridgehead atoms. The molecular formula is C42H52Cl3N3O9. The van der Waals surface area contributed by atoms with Gasteiger partial charge in [0.05, 0.1) is 11.1 Å². The van der Waals surface area contributed by atoms with Crippen LogP contribution in [0.2, 0.25) is 0 Å². The van der Waals surface area contributed by atoms with E-state index >= 15 is 0 Å². The van der Waals surface area contributed by atoms with Crippen LogP contribution in [0.5, 0.6) is 0 Å². The first-order valence-electron chi connectivity index (χ1n) is 20.5. The Balaban J connectivity index is 1.35. The van der Waals surface area contributed by atoms with Crippen LogP contribution in [0.15, 0.2) is 60.7 Å². The van der Waals surface area contributed by atoms with Crippen LogP contribution in [0, 0.1) is 0 Å². The van der Waals surface area contributed by atoms with E-state index in [9.17, 15) is 19.2 Å². The van der Waals surface area contributed by atoms with Gasteiger partial charge in [0.25, 0.3) is 0 Å². The number of alkyl carbamates (subject to hydrolysis) is 1. The molecule has 0 unspecified atom stereocenters. The second-order valence-electron chi connectivity index (χ2n) is 15.9. The highest BCUT2D eigenvalue weighted by Crippen LogP contribution is 2.46. The number of esters is 2. The van der Waals surface area contributed by atoms with Gasteiger partial charge in [0.1, 0.15) is 18.2 Å². The summed E-state index contributed by atoms with van der Waals surface area (Å²) < 4.78 is 29.8. The average Bonchev–Trinajstić information content (AvgIpc) is 3.68. The lowest BCUT2D eigenvalue weighted by molar-refractivity contribution is -0.179. The number of carbonyl (C=O) groups excluding carboxylic acids is 4. The molecule has 12 nitrogen and oxygen atoms in total. The van der Waals surface area contributed by atoms with E-state index in [1.807, 2.05) is 0 Å². The number of benzene rings is 2. The fourth-order valence-electron chi connectivity index (χ4n) is 9.15. The van der Waals surface area contributed by atoms with Crippen molar-refractivity contribution in [2.45, 2.75) is 161 Å². The molecule has 2 aromatic rings. The van der Waals surface area contributed by atoms with Crippen LogP contribution < -0.4 is 10.6 Å². The van der Waals surface area contributed by atoms with Crippen LogP contribution in [-0.2, 0) is 23.7 Å². The van der Waals surface area contributed by atoms with Gasteiger partial charge in [-0.25, -0.2) is 19.2 Å².